The van der Waals surface area contributed by atoms with Crippen LogP contribution in [0.1, 0.15) is 18.5 Å². The smallest absolute Gasteiger partial charge is 0.0642 e. The van der Waals surface area contributed by atoms with E-state index in [1.54, 1.807) is 0 Å². The highest BCUT2D eigenvalue weighted by Gasteiger charge is 2.13. The number of morpholine rings is 1. The number of nitrogens with zero attached hydrogens (tertiary/aromatic N) is 1. The van der Waals surface area contributed by atoms with Gasteiger partial charge in [-0.05, 0) is 24.6 Å². The summed E-state index contributed by atoms with van der Waals surface area (Å²) in [7, 11) is 0. The molecule has 0 aromatic heterocycles. The molecule has 0 bridgehead atoms. The second-order valence-electron chi connectivity index (χ2n) is 4.09. The van der Waals surface area contributed by atoms with Crippen molar-refractivity contribution in [3.63, 3.8) is 0 Å². The largest absolute Gasteiger partial charge is 0.378 e. The molecule has 16 heavy (non-hydrogen) atoms. The molecule has 4 heteroatoms. The number of hydrogen-bond donors (Lipinski definition) is 1. The van der Waals surface area contributed by atoms with Gasteiger partial charge < -0.3 is 15.4 Å². The third-order valence-electron chi connectivity index (χ3n) is 2.85. The minimum Gasteiger partial charge on any atom is -0.378 e. The Labute approximate surface area is 101 Å². The van der Waals surface area contributed by atoms with Crippen molar-refractivity contribution in [3.05, 3.63) is 28.8 Å². The molecule has 2 N–H and O–H groups in total. The van der Waals surface area contributed by atoms with E-state index < -0.39 is 0 Å². The minimum absolute atomic E-state index is 0.0220. The maximum atomic E-state index is 6.21. The Morgan fingerprint density at radius 3 is 2.62 bits per heavy atom. The van der Waals surface area contributed by atoms with Crippen LogP contribution >= 0.6 is 11.6 Å². The van der Waals surface area contributed by atoms with Crippen molar-refractivity contribution in [2.24, 2.45) is 5.73 Å². The van der Waals surface area contributed by atoms with Crippen molar-refractivity contribution < 1.29 is 4.74 Å². The molecule has 3 nitrogen and oxygen atoms in total. The first-order valence-electron chi connectivity index (χ1n) is 5.56. The standard InChI is InChI=1S/C12H17ClN2O/c1-9(14)11-3-2-10(8-12(11)13)15-4-6-16-7-5-15/h2-3,8-9H,4-7,14H2,1H3. The van der Waals surface area contributed by atoms with Crippen LogP contribution in [0.4, 0.5) is 5.69 Å². The lowest BCUT2D eigenvalue weighted by Crippen LogP contribution is -2.36. The summed E-state index contributed by atoms with van der Waals surface area (Å²) in [6.45, 7) is 5.36. The van der Waals surface area contributed by atoms with Crippen molar-refractivity contribution in [2.45, 2.75) is 13.0 Å². The average molecular weight is 241 g/mol. The number of benzene rings is 1. The first-order valence-corrected chi connectivity index (χ1v) is 5.94. The molecule has 0 radical (unpaired) electrons. The van der Waals surface area contributed by atoms with Crippen LogP contribution in [0.2, 0.25) is 5.02 Å². The fourth-order valence-electron chi connectivity index (χ4n) is 1.90. The Balaban J connectivity index is 2.19. The van der Waals surface area contributed by atoms with E-state index in [2.05, 4.69) is 11.0 Å². The molecule has 2 rings (SSSR count). The third-order valence-corrected chi connectivity index (χ3v) is 3.18. The summed E-state index contributed by atoms with van der Waals surface area (Å²) in [6.07, 6.45) is 0. The highest BCUT2D eigenvalue weighted by atomic mass is 35.5. The van der Waals surface area contributed by atoms with Gasteiger partial charge >= 0.3 is 0 Å². The monoisotopic (exact) mass is 240 g/mol. The van der Waals surface area contributed by atoms with E-state index in [9.17, 15) is 0 Å². The molecule has 0 spiro atoms. The van der Waals surface area contributed by atoms with Gasteiger partial charge in [-0.15, -0.1) is 0 Å². The number of rotatable bonds is 2. The molecule has 1 heterocycles. The van der Waals surface area contributed by atoms with E-state index in [-0.39, 0.29) is 6.04 Å². The number of halogens is 1. The van der Waals surface area contributed by atoms with E-state index in [1.807, 2.05) is 19.1 Å². The van der Waals surface area contributed by atoms with Crippen LogP contribution in [0, 0.1) is 0 Å². The van der Waals surface area contributed by atoms with Gasteiger partial charge in [0.25, 0.3) is 0 Å². The van der Waals surface area contributed by atoms with Crippen LogP contribution in [0.3, 0.4) is 0 Å². The highest BCUT2D eigenvalue weighted by molar-refractivity contribution is 6.31. The summed E-state index contributed by atoms with van der Waals surface area (Å²) >= 11 is 6.21. The summed E-state index contributed by atoms with van der Waals surface area (Å²) in [6, 6.07) is 6.06. The predicted molar refractivity (Wildman–Crippen MR) is 67.1 cm³/mol. The molecular formula is C12H17ClN2O. The molecule has 1 unspecified atom stereocenters. The van der Waals surface area contributed by atoms with Gasteiger partial charge in [0, 0.05) is 29.8 Å². The van der Waals surface area contributed by atoms with Crippen LogP contribution in [0.25, 0.3) is 0 Å². The molecule has 1 atom stereocenters. The zero-order valence-electron chi connectivity index (χ0n) is 9.45. The first kappa shape index (κ1) is 11.7. The van der Waals surface area contributed by atoms with Crippen molar-refractivity contribution in [2.75, 3.05) is 31.2 Å². The maximum absolute atomic E-state index is 6.21. The molecule has 1 fully saturated rings. The summed E-state index contributed by atoms with van der Waals surface area (Å²) < 4.78 is 5.32. The number of hydrogen-bond acceptors (Lipinski definition) is 3. The summed E-state index contributed by atoms with van der Waals surface area (Å²) in [5, 5.41) is 0.749. The molecule has 0 saturated carbocycles. The van der Waals surface area contributed by atoms with Crippen LogP contribution < -0.4 is 10.6 Å². The van der Waals surface area contributed by atoms with Crippen LogP contribution in [-0.2, 0) is 4.74 Å². The lowest BCUT2D eigenvalue weighted by Gasteiger charge is -2.29. The fourth-order valence-corrected chi connectivity index (χ4v) is 2.25. The van der Waals surface area contributed by atoms with Gasteiger partial charge in [0.2, 0.25) is 0 Å². The van der Waals surface area contributed by atoms with Gasteiger partial charge in [-0.3, -0.25) is 0 Å². The normalized spacial score (nSPS) is 18.6. The van der Waals surface area contributed by atoms with Crippen molar-refractivity contribution >= 4 is 17.3 Å². The molecular weight excluding hydrogens is 224 g/mol. The maximum Gasteiger partial charge on any atom is 0.0642 e. The molecule has 1 aliphatic heterocycles. The molecule has 1 aliphatic rings. The zero-order chi connectivity index (χ0) is 11.5. The van der Waals surface area contributed by atoms with Crippen LogP contribution in [0.15, 0.2) is 18.2 Å². The molecule has 1 aromatic carbocycles. The SMILES string of the molecule is CC(N)c1ccc(N2CCOCC2)cc1Cl. The van der Waals surface area contributed by atoms with Gasteiger partial charge in [-0.2, -0.15) is 0 Å². The molecule has 0 amide bonds. The lowest BCUT2D eigenvalue weighted by molar-refractivity contribution is 0.122. The second-order valence-corrected chi connectivity index (χ2v) is 4.50. The Morgan fingerprint density at radius 1 is 1.38 bits per heavy atom. The van der Waals surface area contributed by atoms with Gasteiger partial charge in [-0.1, -0.05) is 17.7 Å². The molecule has 0 aliphatic carbocycles. The lowest BCUT2D eigenvalue weighted by atomic mass is 10.1. The summed E-state index contributed by atoms with van der Waals surface area (Å²) in [4.78, 5) is 2.28. The zero-order valence-corrected chi connectivity index (χ0v) is 10.2. The van der Waals surface area contributed by atoms with Crippen molar-refractivity contribution in [3.8, 4) is 0 Å². The molecule has 1 aromatic rings. The van der Waals surface area contributed by atoms with Gasteiger partial charge in [0.1, 0.15) is 0 Å². The topological polar surface area (TPSA) is 38.5 Å². The van der Waals surface area contributed by atoms with Crippen LogP contribution in [0.5, 0.6) is 0 Å². The Kier molecular flexibility index (Phi) is 3.69. The third kappa shape index (κ3) is 2.48. The Morgan fingerprint density at radius 2 is 2.06 bits per heavy atom. The molecule has 88 valence electrons. The van der Waals surface area contributed by atoms with Gasteiger partial charge in [0.05, 0.1) is 13.2 Å². The summed E-state index contributed by atoms with van der Waals surface area (Å²) in [5.74, 6) is 0. The minimum atomic E-state index is -0.0220. The summed E-state index contributed by atoms with van der Waals surface area (Å²) in [5.41, 5.74) is 7.97. The highest BCUT2D eigenvalue weighted by Crippen LogP contribution is 2.27. The second kappa shape index (κ2) is 5.04. The van der Waals surface area contributed by atoms with E-state index >= 15 is 0 Å². The van der Waals surface area contributed by atoms with Gasteiger partial charge in [0.15, 0.2) is 0 Å². The molecule has 1 saturated heterocycles. The number of anilines is 1. The van der Waals surface area contributed by atoms with E-state index in [4.69, 9.17) is 22.1 Å². The number of ether oxygens (including phenoxy) is 1. The first-order chi connectivity index (χ1) is 7.68. The quantitative estimate of drug-likeness (QED) is 0.861. The predicted octanol–water partition coefficient (Wildman–Crippen LogP) is 2.20. The number of nitrogens with two attached hydrogens (primary N) is 1. The van der Waals surface area contributed by atoms with Crippen LogP contribution in [-0.4, -0.2) is 26.3 Å². The van der Waals surface area contributed by atoms with E-state index in [1.165, 1.54) is 0 Å². The fraction of sp³-hybridized carbons (Fsp3) is 0.500. The van der Waals surface area contributed by atoms with Crippen molar-refractivity contribution in [1.82, 2.24) is 0 Å². The van der Waals surface area contributed by atoms with E-state index in [0.717, 1.165) is 42.6 Å². The van der Waals surface area contributed by atoms with Gasteiger partial charge in [-0.25, -0.2) is 0 Å². The van der Waals surface area contributed by atoms with E-state index in [0.29, 0.717) is 0 Å². The van der Waals surface area contributed by atoms with Crippen molar-refractivity contribution in [1.29, 1.82) is 0 Å². The average Bonchev–Trinajstić information content (AvgIpc) is 2.29. The Bertz CT molecular complexity index is 362. The Hall–Kier alpha value is -0.770.